The lowest BCUT2D eigenvalue weighted by Gasteiger charge is -2.07. The number of nitrogen functional groups attached to an aromatic ring is 1. The first-order valence-corrected chi connectivity index (χ1v) is 6.00. The molecule has 0 fully saturated rings. The third-order valence-corrected chi connectivity index (χ3v) is 2.75. The highest BCUT2D eigenvalue weighted by atomic mass is 16.4. The van der Waals surface area contributed by atoms with Crippen molar-refractivity contribution in [2.75, 3.05) is 11.1 Å². The number of hydrogen-bond donors (Lipinski definition) is 3. The van der Waals surface area contributed by atoms with Crippen LogP contribution in [0, 0.1) is 0 Å². The van der Waals surface area contributed by atoms with E-state index in [4.69, 9.17) is 10.8 Å². The minimum Gasteiger partial charge on any atom is -0.478 e. The average molecular weight is 284 g/mol. The molecule has 0 aliphatic carbocycles. The number of carboxylic acid groups (broad SMARTS) is 1. The molecule has 6 heteroatoms. The summed E-state index contributed by atoms with van der Waals surface area (Å²) in [5.74, 6) is -1.73. The number of carboxylic acids is 1. The van der Waals surface area contributed by atoms with E-state index < -0.39 is 11.9 Å². The van der Waals surface area contributed by atoms with E-state index in [1.165, 1.54) is 18.2 Å². The molecule has 0 aromatic heterocycles. The molecule has 0 aliphatic rings. The van der Waals surface area contributed by atoms with Crippen LogP contribution in [0.15, 0.2) is 42.5 Å². The number of nitrogens with one attached hydrogen (secondary N) is 1. The lowest BCUT2D eigenvalue weighted by atomic mass is 10.1. The Bertz CT molecular complexity index is 725. The average Bonchev–Trinajstić information content (AvgIpc) is 2.46. The maximum absolute atomic E-state index is 12.1. The van der Waals surface area contributed by atoms with Gasteiger partial charge in [0, 0.05) is 22.5 Å². The van der Waals surface area contributed by atoms with Crippen molar-refractivity contribution in [1.82, 2.24) is 0 Å². The summed E-state index contributed by atoms with van der Waals surface area (Å²) in [6.07, 6.45) is 0.490. The first kappa shape index (κ1) is 14.3. The summed E-state index contributed by atoms with van der Waals surface area (Å²) in [6, 6.07) is 10.3. The number of nitrogens with two attached hydrogens (primary N) is 1. The zero-order chi connectivity index (χ0) is 15.4. The molecule has 0 radical (unpaired) electrons. The molecule has 0 heterocycles. The Kier molecular flexibility index (Phi) is 3.99. The van der Waals surface area contributed by atoms with E-state index in [1.54, 1.807) is 24.3 Å². The quantitative estimate of drug-likeness (QED) is 0.588. The molecule has 1 amide bonds. The van der Waals surface area contributed by atoms with Gasteiger partial charge < -0.3 is 16.2 Å². The summed E-state index contributed by atoms with van der Waals surface area (Å²) in [6.45, 7) is 0. The molecular formula is C15H12N2O4. The van der Waals surface area contributed by atoms with Crippen LogP contribution in [0.2, 0.25) is 0 Å². The van der Waals surface area contributed by atoms with Gasteiger partial charge in [0.1, 0.15) is 6.29 Å². The minimum absolute atomic E-state index is 0.0828. The number of carbonyl (C=O) groups is 3. The number of carbonyl (C=O) groups excluding carboxylic acids is 2. The molecule has 0 bridgehead atoms. The summed E-state index contributed by atoms with van der Waals surface area (Å²) in [5.41, 5.74) is 6.65. The van der Waals surface area contributed by atoms with Gasteiger partial charge in [-0.25, -0.2) is 4.79 Å². The number of aromatic carboxylic acids is 1. The van der Waals surface area contributed by atoms with Crippen molar-refractivity contribution in [3.8, 4) is 0 Å². The van der Waals surface area contributed by atoms with Crippen LogP contribution in [-0.2, 0) is 0 Å². The van der Waals surface area contributed by atoms with Gasteiger partial charge in [0.2, 0.25) is 0 Å². The predicted molar refractivity (Wildman–Crippen MR) is 77.6 cm³/mol. The van der Waals surface area contributed by atoms with Gasteiger partial charge in [-0.3, -0.25) is 9.59 Å². The highest BCUT2D eigenvalue weighted by molar-refractivity contribution is 6.06. The molecule has 4 N–H and O–H groups in total. The van der Waals surface area contributed by atoms with Gasteiger partial charge in [0.25, 0.3) is 5.91 Å². The third-order valence-electron chi connectivity index (χ3n) is 2.75. The smallest absolute Gasteiger partial charge is 0.335 e. The number of aldehydes is 1. The second kappa shape index (κ2) is 5.87. The summed E-state index contributed by atoms with van der Waals surface area (Å²) in [5, 5.41) is 11.6. The van der Waals surface area contributed by atoms with Gasteiger partial charge >= 0.3 is 5.97 Å². The first-order chi connectivity index (χ1) is 9.99. The zero-order valence-electron chi connectivity index (χ0n) is 10.9. The maximum Gasteiger partial charge on any atom is 0.335 e. The van der Waals surface area contributed by atoms with E-state index in [0.717, 1.165) is 0 Å². The fourth-order valence-electron chi connectivity index (χ4n) is 1.79. The topological polar surface area (TPSA) is 109 Å². The van der Waals surface area contributed by atoms with Gasteiger partial charge in [-0.1, -0.05) is 6.07 Å². The fourth-order valence-corrected chi connectivity index (χ4v) is 1.79. The number of benzene rings is 2. The van der Waals surface area contributed by atoms with Crippen LogP contribution < -0.4 is 11.1 Å². The van der Waals surface area contributed by atoms with Gasteiger partial charge in [-0.15, -0.1) is 0 Å². The number of rotatable bonds is 4. The molecule has 0 atom stereocenters. The summed E-state index contributed by atoms with van der Waals surface area (Å²) < 4.78 is 0. The molecule has 0 saturated carbocycles. The largest absolute Gasteiger partial charge is 0.478 e. The first-order valence-electron chi connectivity index (χ1n) is 6.00. The van der Waals surface area contributed by atoms with Crippen molar-refractivity contribution >= 4 is 29.5 Å². The van der Waals surface area contributed by atoms with E-state index in [-0.39, 0.29) is 16.7 Å². The van der Waals surface area contributed by atoms with E-state index in [0.29, 0.717) is 17.7 Å². The normalized spacial score (nSPS) is 9.90. The molecule has 0 unspecified atom stereocenters. The molecule has 2 aromatic carbocycles. The van der Waals surface area contributed by atoms with Crippen LogP contribution >= 0.6 is 0 Å². The number of amides is 1. The molecule has 0 aliphatic heterocycles. The second-order valence-electron chi connectivity index (χ2n) is 4.35. The van der Waals surface area contributed by atoms with Crippen LogP contribution in [0.25, 0.3) is 0 Å². The van der Waals surface area contributed by atoms with Crippen LogP contribution in [0.5, 0.6) is 0 Å². The molecule has 6 nitrogen and oxygen atoms in total. The molecule has 0 spiro atoms. The Morgan fingerprint density at radius 1 is 1.10 bits per heavy atom. The van der Waals surface area contributed by atoms with Crippen molar-refractivity contribution in [1.29, 1.82) is 0 Å². The molecular weight excluding hydrogens is 272 g/mol. The molecule has 2 rings (SSSR count). The maximum atomic E-state index is 12.1. The Hall–Kier alpha value is -3.15. The van der Waals surface area contributed by atoms with Crippen LogP contribution in [0.4, 0.5) is 11.4 Å². The lowest BCUT2D eigenvalue weighted by Crippen LogP contribution is -2.13. The van der Waals surface area contributed by atoms with Crippen LogP contribution in [0.3, 0.4) is 0 Å². The van der Waals surface area contributed by atoms with Crippen molar-refractivity contribution < 1.29 is 19.5 Å². The standard InChI is InChI=1S/C15H12N2O4/c16-12-2-1-3-13(7-12)17-14(19)10-4-9(8-18)5-11(6-10)15(20)21/h1-8H,16H2,(H,17,19)(H,20,21). The SMILES string of the molecule is Nc1cccc(NC(=O)c2cc(C=O)cc(C(=O)O)c2)c1. The van der Waals surface area contributed by atoms with E-state index in [2.05, 4.69) is 5.32 Å². The summed E-state index contributed by atoms with van der Waals surface area (Å²) in [4.78, 5) is 33.9. The molecule has 2 aromatic rings. The molecule has 0 saturated heterocycles. The van der Waals surface area contributed by atoms with E-state index in [9.17, 15) is 14.4 Å². The van der Waals surface area contributed by atoms with E-state index in [1.807, 2.05) is 0 Å². The molecule has 106 valence electrons. The second-order valence-corrected chi connectivity index (χ2v) is 4.35. The Morgan fingerprint density at radius 2 is 1.81 bits per heavy atom. The highest BCUT2D eigenvalue weighted by Crippen LogP contribution is 2.15. The molecule has 21 heavy (non-hydrogen) atoms. The zero-order valence-corrected chi connectivity index (χ0v) is 10.9. The van der Waals surface area contributed by atoms with Crippen molar-refractivity contribution in [2.45, 2.75) is 0 Å². The number of anilines is 2. The number of hydrogen-bond acceptors (Lipinski definition) is 4. The fraction of sp³-hybridized carbons (Fsp3) is 0. The minimum atomic E-state index is -1.21. The predicted octanol–water partition coefficient (Wildman–Crippen LogP) is 2.03. The monoisotopic (exact) mass is 284 g/mol. The van der Waals surface area contributed by atoms with Crippen molar-refractivity contribution in [2.24, 2.45) is 0 Å². The lowest BCUT2D eigenvalue weighted by molar-refractivity contribution is 0.0697. The van der Waals surface area contributed by atoms with Gasteiger partial charge in [-0.05, 0) is 36.4 Å². The van der Waals surface area contributed by atoms with Gasteiger partial charge in [0.15, 0.2) is 0 Å². The van der Waals surface area contributed by atoms with Crippen molar-refractivity contribution in [3.63, 3.8) is 0 Å². The van der Waals surface area contributed by atoms with Crippen LogP contribution in [0.1, 0.15) is 31.1 Å². The van der Waals surface area contributed by atoms with E-state index >= 15 is 0 Å². The highest BCUT2D eigenvalue weighted by Gasteiger charge is 2.12. The van der Waals surface area contributed by atoms with Gasteiger partial charge in [0.05, 0.1) is 5.56 Å². The Morgan fingerprint density at radius 3 is 2.43 bits per heavy atom. The van der Waals surface area contributed by atoms with Gasteiger partial charge in [-0.2, -0.15) is 0 Å². The summed E-state index contributed by atoms with van der Waals surface area (Å²) >= 11 is 0. The Labute approximate surface area is 120 Å². The van der Waals surface area contributed by atoms with Crippen molar-refractivity contribution in [3.05, 3.63) is 59.2 Å². The third kappa shape index (κ3) is 3.44. The van der Waals surface area contributed by atoms with Crippen LogP contribution in [-0.4, -0.2) is 23.3 Å². The summed E-state index contributed by atoms with van der Waals surface area (Å²) in [7, 11) is 0. The Balaban J connectivity index is 2.32.